The third-order valence-electron chi connectivity index (χ3n) is 2.34. The molecule has 2 rings (SSSR count). The summed E-state index contributed by atoms with van der Waals surface area (Å²) in [6.07, 6.45) is 1.38. The van der Waals surface area contributed by atoms with Crippen molar-refractivity contribution in [3.63, 3.8) is 0 Å². The molecule has 2 nitrogen and oxygen atoms in total. The first-order valence-electron chi connectivity index (χ1n) is 4.17. The molecule has 1 aromatic rings. The molecular weight excluding hydrogens is 150 g/mol. The lowest BCUT2D eigenvalue weighted by atomic mass is 9.87. The fourth-order valence-electron chi connectivity index (χ4n) is 1.65. The fraction of sp³-hybridized carbons (Fsp3) is 0.300. The van der Waals surface area contributed by atoms with Crippen LogP contribution in [0.15, 0.2) is 24.3 Å². The average Bonchev–Trinajstić information content (AvgIpc) is 2.12. The van der Waals surface area contributed by atoms with Gasteiger partial charge in [0.15, 0.2) is 5.78 Å². The van der Waals surface area contributed by atoms with E-state index >= 15 is 0 Å². The zero-order valence-electron chi connectivity index (χ0n) is 6.79. The smallest absolute Gasteiger partial charge is 0.163 e. The first-order valence-corrected chi connectivity index (χ1v) is 4.17. The second kappa shape index (κ2) is 2.72. The summed E-state index contributed by atoms with van der Waals surface area (Å²) in [5, 5.41) is 0. The van der Waals surface area contributed by atoms with Crippen molar-refractivity contribution >= 4 is 5.78 Å². The van der Waals surface area contributed by atoms with E-state index in [4.69, 9.17) is 5.73 Å². The van der Waals surface area contributed by atoms with E-state index in [-0.39, 0.29) is 11.8 Å². The van der Waals surface area contributed by atoms with E-state index < -0.39 is 0 Å². The molecule has 0 saturated heterocycles. The SMILES string of the molecule is N[C@@H]1CCC(=O)c2ccccc21. The minimum Gasteiger partial charge on any atom is -0.324 e. The molecule has 0 unspecified atom stereocenters. The van der Waals surface area contributed by atoms with Gasteiger partial charge in [-0.2, -0.15) is 0 Å². The Morgan fingerprint density at radius 2 is 2.08 bits per heavy atom. The van der Waals surface area contributed by atoms with Gasteiger partial charge in [-0.15, -0.1) is 0 Å². The number of Topliss-reactive ketones (excluding diaryl/α,β-unsaturated/α-hetero) is 1. The predicted octanol–water partition coefficient (Wildman–Crippen LogP) is 1.66. The second-order valence-electron chi connectivity index (χ2n) is 3.16. The van der Waals surface area contributed by atoms with E-state index in [1.165, 1.54) is 0 Å². The highest BCUT2D eigenvalue weighted by molar-refractivity contribution is 5.98. The number of carbonyl (C=O) groups excluding carboxylic acids is 1. The van der Waals surface area contributed by atoms with Gasteiger partial charge in [0, 0.05) is 18.0 Å². The highest BCUT2D eigenvalue weighted by Gasteiger charge is 2.21. The monoisotopic (exact) mass is 161 g/mol. The van der Waals surface area contributed by atoms with Crippen LogP contribution in [0.2, 0.25) is 0 Å². The van der Waals surface area contributed by atoms with Gasteiger partial charge in [-0.3, -0.25) is 4.79 Å². The van der Waals surface area contributed by atoms with Gasteiger partial charge in [0.1, 0.15) is 0 Å². The molecule has 1 aliphatic rings. The Hall–Kier alpha value is -1.15. The molecule has 0 radical (unpaired) electrons. The van der Waals surface area contributed by atoms with Crippen LogP contribution in [0.4, 0.5) is 0 Å². The van der Waals surface area contributed by atoms with Crippen molar-refractivity contribution in [3.8, 4) is 0 Å². The standard InChI is InChI=1S/C10H11NO/c11-9-5-6-10(12)8-4-2-1-3-7(8)9/h1-4,9H,5-6,11H2/t9-/m1/s1. The van der Waals surface area contributed by atoms with E-state index in [1.807, 2.05) is 24.3 Å². The molecule has 0 aromatic heterocycles. The maximum absolute atomic E-state index is 11.4. The van der Waals surface area contributed by atoms with Crippen LogP contribution in [-0.4, -0.2) is 5.78 Å². The van der Waals surface area contributed by atoms with Crippen LogP contribution in [0.3, 0.4) is 0 Å². The quantitative estimate of drug-likeness (QED) is 0.628. The van der Waals surface area contributed by atoms with Crippen molar-refractivity contribution < 1.29 is 4.79 Å². The minimum atomic E-state index is 0.0545. The van der Waals surface area contributed by atoms with Crippen LogP contribution in [0, 0.1) is 0 Å². The molecule has 62 valence electrons. The van der Waals surface area contributed by atoms with Gasteiger partial charge in [0.25, 0.3) is 0 Å². The van der Waals surface area contributed by atoms with Gasteiger partial charge in [-0.25, -0.2) is 0 Å². The first-order chi connectivity index (χ1) is 5.79. The number of hydrogen-bond acceptors (Lipinski definition) is 2. The summed E-state index contributed by atoms with van der Waals surface area (Å²) < 4.78 is 0. The molecule has 2 heteroatoms. The van der Waals surface area contributed by atoms with E-state index in [1.54, 1.807) is 0 Å². The molecule has 0 spiro atoms. The molecule has 0 heterocycles. The number of benzene rings is 1. The Balaban J connectivity index is 2.55. The van der Waals surface area contributed by atoms with Crippen molar-refractivity contribution in [1.29, 1.82) is 0 Å². The number of ketones is 1. The average molecular weight is 161 g/mol. The summed E-state index contributed by atoms with van der Waals surface area (Å²) >= 11 is 0. The third kappa shape index (κ3) is 1.04. The van der Waals surface area contributed by atoms with E-state index in [0.717, 1.165) is 17.5 Å². The van der Waals surface area contributed by atoms with Gasteiger partial charge >= 0.3 is 0 Å². The Bertz CT molecular complexity index is 319. The lowest BCUT2D eigenvalue weighted by Gasteiger charge is -2.20. The van der Waals surface area contributed by atoms with E-state index in [2.05, 4.69) is 0 Å². The summed E-state index contributed by atoms with van der Waals surface area (Å²) in [7, 11) is 0. The molecule has 12 heavy (non-hydrogen) atoms. The summed E-state index contributed by atoms with van der Waals surface area (Å²) in [5.41, 5.74) is 7.68. The fourth-order valence-corrected chi connectivity index (χ4v) is 1.65. The molecule has 0 fully saturated rings. The first kappa shape index (κ1) is 7.50. The lowest BCUT2D eigenvalue weighted by molar-refractivity contribution is 0.0967. The van der Waals surface area contributed by atoms with Crippen LogP contribution < -0.4 is 5.73 Å². The summed E-state index contributed by atoms with van der Waals surface area (Å²) in [6, 6.07) is 7.67. The number of hydrogen-bond donors (Lipinski definition) is 1. The molecule has 1 aliphatic carbocycles. The number of nitrogens with two attached hydrogens (primary N) is 1. The highest BCUT2D eigenvalue weighted by Crippen LogP contribution is 2.27. The topological polar surface area (TPSA) is 43.1 Å². The molecular formula is C10H11NO. The Morgan fingerprint density at radius 3 is 2.83 bits per heavy atom. The zero-order chi connectivity index (χ0) is 8.55. The summed E-state index contributed by atoms with van der Waals surface area (Å²) in [4.78, 5) is 11.4. The largest absolute Gasteiger partial charge is 0.324 e. The minimum absolute atomic E-state index is 0.0545. The van der Waals surface area contributed by atoms with Gasteiger partial charge in [0.05, 0.1) is 0 Å². The highest BCUT2D eigenvalue weighted by atomic mass is 16.1. The van der Waals surface area contributed by atoms with Crippen molar-refractivity contribution in [3.05, 3.63) is 35.4 Å². The van der Waals surface area contributed by atoms with E-state index in [0.29, 0.717) is 6.42 Å². The molecule has 1 atom stereocenters. The predicted molar refractivity (Wildman–Crippen MR) is 46.9 cm³/mol. The number of rotatable bonds is 0. The summed E-state index contributed by atoms with van der Waals surface area (Å²) in [6.45, 7) is 0. The van der Waals surface area contributed by atoms with Gasteiger partial charge < -0.3 is 5.73 Å². The molecule has 1 aromatic carbocycles. The van der Waals surface area contributed by atoms with Crippen LogP contribution in [0.1, 0.15) is 34.8 Å². The van der Waals surface area contributed by atoms with Crippen LogP contribution in [-0.2, 0) is 0 Å². The molecule has 0 bridgehead atoms. The lowest BCUT2D eigenvalue weighted by Crippen LogP contribution is -2.21. The molecule has 0 aliphatic heterocycles. The summed E-state index contributed by atoms with van der Waals surface area (Å²) in [5.74, 6) is 0.229. The Kier molecular flexibility index (Phi) is 1.70. The molecule has 2 N–H and O–H groups in total. The van der Waals surface area contributed by atoms with Crippen LogP contribution >= 0.6 is 0 Å². The van der Waals surface area contributed by atoms with Gasteiger partial charge in [-0.05, 0) is 12.0 Å². The molecule has 0 saturated carbocycles. The normalized spacial score (nSPS) is 22.1. The van der Waals surface area contributed by atoms with Crippen LogP contribution in [0.5, 0.6) is 0 Å². The van der Waals surface area contributed by atoms with Crippen molar-refractivity contribution in [2.24, 2.45) is 5.73 Å². The van der Waals surface area contributed by atoms with Gasteiger partial charge in [0.2, 0.25) is 0 Å². The Morgan fingerprint density at radius 1 is 1.33 bits per heavy atom. The maximum atomic E-state index is 11.4. The van der Waals surface area contributed by atoms with Crippen LogP contribution in [0.25, 0.3) is 0 Å². The van der Waals surface area contributed by atoms with Crippen molar-refractivity contribution in [2.45, 2.75) is 18.9 Å². The van der Waals surface area contributed by atoms with Crippen molar-refractivity contribution in [1.82, 2.24) is 0 Å². The molecule has 0 amide bonds. The van der Waals surface area contributed by atoms with Crippen molar-refractivity contribution in [2.75, 3.05) is 0 Å². The van der Waals surface area contributed by atoms with E-state index in [9.17, 15) is 4.79 Å². The Labute approximate surface area is 71.4 Å². The van der Waals surface area contributed by atoms with Gasteiger partial charge in [-0.1, -0.05) is 24.3 Å². The zero-order valence-corrected chi connectivity index (χ0v) is 6.79. The third-order valence-corrected chi connectivity index (χ3v) is 2.34. The second-order valence-corrected chi connectivity index (χ2v) is 3.16. The maximum Gasteiger partial charge on any atom is 0.163 e. The number of carbonyl (C=O) groups is 1. The number of fused-ring (bicyclic) bond motifs is 1.